The average Bonchev–Trinajstić information content (AvgIpc) is 3.00. The zero-order valence-electron chi connectivity index (χ0n) is 17.0. The Kier molecular flexibility index (Phi) is 5.05. The molecule has 0 bridgehead atoms. The Bertz CT molecular complexity index is 1140. The second-order valence-corrected chi connectivity index (χ2v) is 8.09. The van der Waals surface area contributed by atoms with Gasteiger partial charge in [0, 0.05) is 17.7 Å². The molecule has 7 heteroatoms. The minimum atomic E-state index is -1.28. The first-order chi connectivity index (χ1) is 14.7. The summed E-state index contributed by atoms with van der Waals surface area (Å²) in [5.74, 6) is -2.00. The molecular formula is C24H21FN2O4. The number of aryl methyl sites for hydroxylation is 1. The number of rotatable bonds is 5. The van der Waals surface area contributed by atoms with Crippen molar-refractivity contribution >= 4 is 23.5 Å². The van der Waals surface area contributed by atoms with Gasteiger partial charge in [-0.3, -0.25) is 24.1 Å². The third-order valence-corrected chi connectivity index (χ3v) is 5.94. The van der Waals surface area contributed by atoms with Crippen LogP contribution >= 0.6 is 0 Å². The van der Waals surface area contributed by atoms with E-state index in [1.165, 1.54) is 24.3 Å². The van der Waals surface area contributed by atoms with Crippen LogP contribution in [0.25, 0.3) is 0 Å². The maximum atomic E-state index is 13.1. The third-order valence-electron chi connectivity index (χ3n) is 5.94. The van der Waals surface area contributed by atoms with Gasteiger partial charge in [-0.15, -0.1) is 0 Å². The number of nitrogens with one attached hydrogen (secondary N) is 1. The number of imide groups is 1. The van der Waals surface area contributed by atoms with E-state index >= 15 is 0 Å². The fraction of sp³-hybridized carbons (Fsp3) is 0.250. The fourth-order valence-electron chi connectivity index (χ4n) is 4.01. The zero-order valence-corrected chi connectivity index (χ0v) is 17.0. The van der Waals surface area contributed by atoms with E-state index in [0.717, 1.165) is 10.5 Å². The lowest BCUT2D eigenvalue weighted by Crippen LogP contribution is -2.60. The van der Waals surface area contributed by atoms with Crippen LogP contribution in [0.15, 0.2) is 54.7 Å². The van der Waals surface area contributed by atoms with Crippen LogP contribution in [-0.2, 0) is 11.2 Å². The Hall–Kier alpha value is -3.61. The lowest BCUT2D eigenvalue weighted by Gasteiger charge is -2.39. The molecule has 4 rings (SSSR count). The highest BCUT2D eigenvalue weighted by Gasteiger charge is 2.51. The van der Waals surface area contributed by atoms with Crippen molar-refractivity contribution in [3.63, 3.8) is 0 Å². The summed E-state index contributed by atoms with van der Waals surface area (Å²) in [6, 6.07) is 10.2. The molecule has 0 radical (unpaired) electrons. The maximum Gasteiger partial charge on any atom is 0.262 e. The molecule has 1 atom stereocenters. The minimum absolute atomic E-state index is 0.142. The number of carbonyl (C=O) groups excluding carboxylic acids is 4. The molecule has 31 heavy (non-hydrogen) atoms. The molecule has 1 fully saturated rings. The molecule has 2 aromatic carbocycles. The number of benzene rings is 2. The van der Waals surface area contributed by atoms with Crippen LogP contribution in [0, 0.1) is 5.82 Å². The van der Waals surface area contributed by atoms with Gasteiger partial charge in [-0.25, -0.2) is 4.39 Å². The highest BCUT2D eigenvalue weighted by atomic mass is 19.1. The van der Waals surface area contributed by atoms with Crippen LogP contribution < -0.4 is 5.32 Å². The second-order valence-electron chi connectivity index (χ2n) is 8.09. The van der Waals surface area contributed by atoms with Crippen LogP contribution in [0.1, 0.15) is 62.8 Å². The number of halogens is 1. The Morgan fingerprint density at radius 1 is 1.10 bits per heavy atom. The molecule has 0 unspecified atom stereocenters. The van der Waals surface area contributed by atoms with Gasteiger partial charge in [-0.1, -0.05) is 12.6 Å². The maximum absolute atomic E-state index is 13.1. The van der Waals surface area contributed by atoms with E-state index in [0.29, 0.717) is 30.5 Å². The van der Waals surface area contributed by atoms with Gasteiger partial charge >= 0.3 is 0 Å². The standard InChI is InChI=1S/C24H21FN2O4/c1-14-11-12-24(2,23(31)26-14)27-21(29)18-9-3-15(13-19(18)22(27)30)4-10-20(28)16-5-7-17(25)8-6-16/h3,5-9,13H,1,4,10-12H2,2H3,(H,26,31)/t24-/m0/s1. The number of carbonyl (C=O) groups is 4. The summed E-state index contributed by atoms with van der Waals surface area (Å²) in [5.41, 5.74) is 0.897. The van der Waals surface area contributed by atoms with Crippen LogP contribution in [0.3, 0.4) is 0 Å². The van der Waals surface area contributed by atoms with Gasteiger partial charge in [0.25, 0.3) is 11.8 Å². The summed E-state index contributed by atoms with van der Waals surface area (Å²) in [7, 11) is 0. The van der Waals surface area contributed by atoms with Crippen LogP contribution in [-0.4, -0.2) is 33.9 Å². The van der Waals surface area contributed by atoms with Crippen molar-refractivity contribution in [1.29, 1.82) is 0 Å². The predicted molar refractivity (Wildman–Crippen MR) is 111 cm³/mol. The van der Waals surface area contributed by atoms with E-state index < -0.39 is 29.1 Å². The molecule has 0 saturated carbocycles. The van der Waals surface area contributed by atoms with E-state index in [2.05, 4.69) is 11.9 Å². The number of Topliss-reactive ketones (excluding diaryl/α,β-unsaturated/α-hetero) is 1. The molecule has 3 amide bonds. The Morgan fingerprint density at radius 2 is 1.77 bits per heavy atom. The molecule has 0 aromatic heterocycles. The first-order valence-electron chi connectivity index (χ1n) is 10.0. The summed E-state index contributed by atoms with van der Waals surface area (Å²) in [6.07, 6.45) is 1.33. The van der Waals surface area contributed by atoms with Gasteiger partial charge in [0.2, 0.25) is 5.91 Å². The first-order valence-corrected chi connectivity index (χ1v) is 10.0. The topological polar surface area (TPSA) is 83.6 Å². The van der Waals surface area contributed by atoms with Crippen molar-refractivity contribution < 1.29 is 23.6 Å². The molecule has 2 heterocycles. The number of hydrogen-bond donors (Lipinski definition) is 1. The quantitative estimate of drug-likeness (QED) is 0.594. The molecule has 2 aliphatic heterocycles. The summed E-state index contributed by atoms with van der Waals surface area (Å²) < 4.78 is 13.0. The summed E-state index contributed by atoms with van der Waals surface area (Å²) in [4.78, 5) is 52.0. The van der Waals surface area contributed by atoms with Gasteiger partial charge in [0.15, 0.2) is 5.78 Å². The van der Waals surface area contributed by atoms with Crippen LogP contribution in [0.4, 0.5) is 4.39 Å². The number of allylic oxidation sites excluding steroid dienone is 1. The van der Waals surface area contributed by atoms with Crippen molar-refractivity contribution in [2.24, 2.45) is 0 Å². The van der Waals surface area contributed by atoms with Crippen molar-refractivity contribution in [3.05, 3.63) is 82.8 Å². The molecule has 1 N–H and O–H groups in total. The van der Waals surface area contributed by atoms with E-state index in [1.54, 1.807) is 25.1 Å². The Morgan fingerprint density at radius 3 is 2.45 bits per heavy atom. The van der Waals surface area contributed by atoms with Crippen LogP contribution in [0.2, 0.25) is 0 Å². The largest absolute Gasteiger partial charge is 0.328 e. The van der Waals surface area contributed by atoms with E-state index in [4.69, 9.17) is 0 Å². The molecule has 6 nitrogen and oxygen atoms in total. The van der Waals surface area contributed by atoms with Crippen LogP contribution in [0.5, 0.6) is 0 Å². The molecular weight excluding hydrogens is 399 g/mol. The number of amides is 3. The molecule has 0 spiro atoms. The van der Waals surface area contributed by atoms with Gasteiger partial charge in [-0.2, -0.15) is 0 Å². The summed E-state index contributed by atoms with van der Waals surface area (Å²) in [6.45, 7) is 5.32. The molecule has 0 aliphatic carbocycles. The number of ketones is 1. The number of hydrogen-bond acceptors (Lipinski definition) is 4. The third kappa shape index (κ3) is 3.56. The predicted octanol–water partition coefficient (Wildman–Crippen LogP) is 3.42. The molecule has 2 aliphatic rings. The lowest BCUT2D eigenvalue weighted by atomic mass is 9.88. The Labute approximate surface area is 178 Å². The van der Waals surface area contributed by atoms with Gasteiger partial charge in [0.1, 0.15) is 11.4 Å². The summed E-state index contributed by atoms with van der Waals surface area (Å²) in [5, 5.41) is 2.64. The number of fused-ring (bicyclic) bond motifs is 1. The van der Waals surface area contributed by atoms with Crippen molar-refractivity contribution in [1.82, 2.24) is 10.2 Å². The monoisotopic (exact) mass is 420 g/mol. The van der Waals surface area contributed by atoms with Gasteiger partial charge < -0.3 is 5.32 Å². The average molecular weight is 420 g/mol. The molecule has 2 aromatic rings. The van der Waals surface area contributed by atoms with Crippen molar-refractivity contribution in [2.45, 2.75) is 38.1 Å². The smallest absolute Gasteiger partial charge is 0.262 e. The van der Waals surface area contributed by atoms with E-state index in [1.807, 2.05) is 0 Å². The zero-order chi connectivity index (χ0) is 22.3. The van der Waals surface area contributed by atoms with Crippen molar-refractivity contribution in [2.75, 3.05) is 0 Å². The summed E-state index contributed by atoms with van der Waals surface area (Å²) >= 11 is 0. The highest BCUT2D eigenvalue weighted by molar-refractivity contribution is 6.23. The normalized spacial score (nSPS) is 20.6. The SMILES string of the molecule is C=C1CC[C@](C)(N2C(=O)c3ccc(CCC(=O)c4ccc(F)cc4)cc3C2=O)C(=O)N1. The molecule has 1 saturated heterocycles. The van der Waals surface area contributed by atoms with Crippen molar-refractivity contribution in [3.8, 4) is 0 Å². The first kappa shape index (κ1) is 20.7. The fourth-order valence-corrected chi connectivity index (χ4v) is 4.01. The number of nitrogens with zero attached hydrogens (tertiary/aromatic N) is 1. The number of piperidine rings is 1. The van der Waals surface area contributed by atoms with Gasteiger partial charge in [-0.05, 0) is 68.1 Å². The van der Waals surface area contributed by atoms with Gasteiger partial charge in [0.05, 0.1) is 11.1 Å². The highest BCUT2D eigenvalue weighted by Crippen LogP contribution is 2.35. The second kappa shape index (κ2) is 7.58. The van der Waals surface area contributed by atoms with E-state index in [9.17, 15) is 23.6 Å². The molecule has 158 valence electrons. The minimum Gasteiger partial charge on any atom is -0.328 e. The lowest BCUT2D eigenvalue weighted by molar-refractivity contribution is -0.131. The Balaban J connectivity index is 1.53. The van der Waals surface area contributed by atoms with E-state index in [-0.39, 0.29) is 23.3 Å².